The lowest BCUT2D eigenvalue weighted by atomic mass is 10.1. The normalized spacial score (nSPS) is 23.0. The molecule has 1 aliphatic rings. The van der Waals surface area contributed by atoms with Crippen molar-refractivity contribution in [3.05, 3.63) is 17.8 Å². The van der Waals surface area contributed by atoms with Crippen LogP contribution in [0.5, 0.6) is 0 Å². The number of rotatable bonds is 5. The fourth-order valence-corrected chi connectivity index (χ4v) is 3.79. The zero-order chi connectivity index (χ0) is 12.3. The number of hydrogen-bond acceptors (Lipinski definition) is 5. The van der Waals surface area contributed by atoms with Crippen LogP contribution in [-0.2, 0) is 16.3 Å². The molecule has 1 aromatic rings. The minimum Gasteiger partial charge on any atom is -0.448 e. The molecule has 0 saturated carbocycles. The second-order valence-electron chi connectivity index (χ2n) is 4.48. The molecule has 1 unspecified atom stereocenters. The van der Waals surface area contributed by atoms with E-state index < -0.39 is 9.84 Å². The predicted molar refractivity (Wildman–Crippen MR) is 64.8 cm³/mol. The molecular weight excluding hydrogens is 240 g/mol. The summed E-state index contributed by atoms with van der Waals surface area (Å²) in [5.74, 6) is 0.988. The zero-order valence-corrected chi connectivity index (χ0v) is 10.8. The van der Waals surface area contributed by atoms with Crippen molar-refractivity contribution in [3.8, 4) is 0 Å². The van der Waals surface area contributed by atoms with Gasteiger partial charge in [0.15, 0.2) is 15.7 Å². The Kier molecular flexibility index (Phi) is 3.83. The van der Waals surface area contributed by atoms with Gasteiger partial charge in [0.2, 0.25) is 0 Å². The third-order valence-electron chi connectivity index (χ3n) is 3.01. The zero-order valence-electron chi connectivity index (χ0n) is 9.98. The van der Waals surface area contributed by atoms with Crippen LogP contribution in [0, 0.1) is 0 Å². The van der Waals surface area contributed by atoms with Crippen molar-refractivity contribution in [2.75, 3.05) is 25.1 Å². The highest BCUT2D eigenvalue weighted by Crippen LogP contribution is 2.28. The molecule has 0 spiro atoms. The van der Waals surface area contributed by atoms with E-state index in [1.54, 1.807) is 6.26 Å². The standard InChI is InChI=1S/C11H18N2O3S/c1-12-5-2-3-10-7-16-11(13-10)9-4-6-17(14,15)8-9/h7,9,12H,2-6,8H2,1H3. The molecule has 17 heavy (non-hydrogen) atoms. The van der Waals surface area contributed by atoms with E-state index in [0.29, 0.717) is 12.3 Å². The van der Waals surface area contributed by atoms with Gasteiger partial charge in [-0.05, 0) is 32.9 Å². The third kappa shape index (κ3) is 3.29. The van der Waals surface area contributed by atoms with Gasteiger partial charge in [-0.3, -0.25) is 0 Å². The van der Waals surface area contributed by atoms with Gasteiger partial charge in [-0.2, -0.15) is 0 Å². The molecule has 0 radical (unpaired) electrons. The van der Waals surface area contributed by atoms with Gasteiger partial charge < -0.3 is 9.73 Å². The van der Waals surface area contributed by atoms with E-state index in [1.807, 2.05) is 7.05 Å². The molecular formula is C11H18N2O3S. The lowest BCUT2D eigenvalue weighted by Gasteiger charge is -2.00. The minimum absolute atomic E-state index is 0.0435. The molecule has 0 aromatic carbocycles. The van der Waals surface area contributed by atoms with Crippen molar-refractivity contribution in [2.24, 2.45) is 0 Å². The van der Waals surface area contributed by atoms with Gasteiger partial charge in [0, 0.05) is 0 Å². The van der Waals surface area contributed by atoms with Crippen LogP contribution in [0.3, 0.4) is 0 Å². The molecule has 0 bridgehead atoms. The Hall–Kier alpha value is -0.880. The summed E-state index contributed by atoms with van der Waals surface area (Å²) in [5, 5.41) is 3.07. The Morgan fingerprint density at radius 3 is 3.06 bits per heavy atom. The Balaban J connectivity index is 1.94. The van der Waals surface area contributed by atoms with Crippen LogP contribution >= 0.6 is 0 Å². The monoisotopic (exact) mass is 258 g/mol. The fraction of sp³-hybridized carbons (Fsp3) is 0.727. The van der Waals surface area contributed by atoms with Crippen LogP contribution in [-0.4, -0.2) is 38.5 Å². The summed E-state index contributed by atoms with van der Waals surface area (Å²) in [5.41, 5.74) is 0.916. The molecule has 1 saturated heterocycles. The number of aromatic nitrogens is 1. The van der Waals surface area contributed by atoms with Crippen LogP contribution in [0.25, 0.3) is 0 Å². The van der Waals surface area contributed by atoms with Gasteiger partial charge in [-0.25, -0.2) is 13.4 Å². The van der Waals surface area contributed by atoms with Gasteiger partial charge in [-0.1, -0.05) is 0 Å². The maximum Gasteiger partial charge on any atom is 0.198 e. The summed E-state index contributed by atoms with van der Waals surface area (Å²) >= 11 is 0. The summed E-state index contributed by atoms with van der Waals surface area (Å²) in [6.45, 7) is 0.944. The summed E-state index contributed by atoms with van der Waals surface area (Å²) in [7, 11) is -0.951. The van der Waals surface area contributed by atoms with Gasteiger partial charge in [0.25, 0.3) is 0 Å². The van der Waals surface area contributed by atoms with E-state index in [2.05, 4.69) is 10.3 Å². The minimum atomic E-state index is -2.87. The van der Waals surface area contributed by atoms with Gasteiger partial charge >= 0.3 is 0 Å². The summed E-state index contributed by atoms with van der Waals surface area (Å²) < 4.78 is 28.1. The molecule has 5 nitrogen and oxygen atoms in total. The Bertz CT molecular complexity index is 467. The number of nitrogens with zero attached hydrogens (tertiary/aromatic N) is 1. The van der Waals surface area contributed by atoms with Gasteiger partial charge in [0.05, 0.1) is 23.1 Å². The molecule has 1 atom stereocenters. The van der Waals surface area contributed by atoms with Crippen molar-refractivity contribution < 1.29 is 12.8 Å². The van der Waals surface area contributed by atoms with Crippen molar-refractivity contribution >= 4 is 9.84 Å². The third-order valence-corrected chi connectivity index (χ3v) is 4.78. The molecule has 1 aromatic heterocycles. The van der Waals surface area contributed by atoms with Crippen molar-refractivity contribution in [1.29, 1.82) is 0 Å². The molecule has 1 aliphatic heterocycles. The first-order valence-electron chi connectivity index (χ1n) is 5.90. The van der Waals surface area contributed by atoms with E-state index >= 15 is 0 Å². The molecule has 1 fully saturated rings. The van der Waals surface area contributed by atoms with Crippen LogP contribution < -0.4 is 5.32 Å². The van der Waals surface area contributed by atoms with Gasteiger partial charge in [-0.15, -0.1) is 0 Å². The Morgan fingerprint density at radius 1 is 1.59 bits per heavy atom. The average molecular weight is 258 g/mol. The lowest BCUT2D eigenvalue weighted by Crippen LogP contribution is -2.08. The highest BCUT2D eigenvalue weighted by atomic mass is 32.2. The predicted octanol–water partition coefficient (Wildman–Crippen LogP) is 0.729. The smallest absolute Gasteiger partial charge is 0.198 e. The van der Waals surface area contributed by atoms with Crippen molar-refractivity contribution in [3.63, 3.8) is 0 Å². The van der Waals surface area contributed by atoms with E-state index in [4.69, 9.17) is 4.42 Å². The highest BCUT2D eigenvalue weighted by molar-refractivity contribution is 7.91. The van der Waals surface area contributed by atoms with E-state index in [1.165, 1.54) is 0 Å². The Labute approximate surface area is 102 Å². The highest BCUT2D eigenvalue weighted by Gasteiger charge is 2.32. The first kappa shape index (κ1) is 12.6. The summed E-state index contributed by atoms with van der Waals surface area (Å²) in [6, 6.07) is 0. The molecule has 0 amide bonds. The first-order chi connectivity index (χ1) is 8.11. The van der Waals surface area contributed by atoms with E-state index in [9.17, 15) is 8.42 Å². The molecule has 0 aliphatic carbocycles. The molecule has 96 valence electrons. The molecule has 2 rings (SSSR count). The van der Waals surface area contributed by atoms with Gasteiger partial charge in [0.1, 0.15) is 6.26 Å². The topological polar surface area (TPSA) is 72.2 Å². The van der Waals surface area contributed by atoms with E-state index in [0.717, 1.165) is 25.1 Å². The maximum atomic E-state index is 11.4. The second-order valence-corrected chi connectivity index (χ2v) is 6.71. The summed E-state index contributed by atoms with van der Waals surface area (Å²) in [6.07, 6.45) is 4.16. The summed E-state index contributed by atoms with van der Waals surface area (Å²) in [4.78, 5) is 4.37. The molecule has 1 N–H and O–H groups in total. The van der Waals surface area contributed by atoms with Crippen LogP contribution in [0.4, 0.5) is 0 Å². The van der Waals surface area contributed by atoms with Crippen molar-refractivity contribution in [1.82, 2.24) is 10.3 Å². The first-order valence-corrected chi connectivity index (χ1v) is 7.72. The average Bonchev–Trinajstić information content (AvgIpc) is 2.85. The fourth-order valence-electron chi connectivity index (χ4n) is 2.06. The van der Waals surface area contributed by atoms with Crippen molar-refractivity contribution in [2.45, 2.75) is 25.2 Å². The maximum absolute atomic E-state index is 11.4. The second kappa shape index (κ2) is 5.18. The quantitative estimate of drug-likeness (QED) is 0.788. The van der Waals surface area contributed by atoms with Crippen LogP contribution in [0.15, 0.2) is 10.7 Å². The van der Waals surface area contributed by atoms with Crippen LogP contribution in [0.1, 0.15) is 30.3 Å². The number of oxazole rings is 1. The van der Waals surface area contributed by atoms with Crippen LogP contribution in [0.2, 0.25) is 0 Å². The number of aryl methyl sites for hydroxylation is 1. The lowest BCUT2D eigenvalue weighted by molar-refractivity contribution is 0.460. The number of nitrogens with one attached hydrogen (secondary N) is 1. The Morgan fingerprint density at radius 2 is 2.41 bits per heavy atom. The number of sulfone groups is 1. The SMILES string of the molecule is CNCCCc1coc(C2CCS(=O)(=O)C2)n1. The van der Waals surface area contributed by atoms with E-state index in [-0.39, 0.29) is 17.4 Å². The number of hydrogen-bond donors (Lipinski definition) is 1. The molecule has 6 heteroatoms. The largest absolute Gasteiger partial charge is 0.448 e. The molecule has 2 heterocycles.